The van der Waals surface area contributed by atoms with Gasteiger partial charge in [0.1, 0.15) is 11.1 Å². The van der Waals surface area contributed by atoms with E-state index in [1.807, 2.05) is 0 Å². The molecule has 0 fully saturated rings. The number of nitrogens with one attached hydrogen (secondary N) is 1. The molecule has 3 aromatic rings. The van der Waals surface area contributed by atoms with Crippen molar-refractivity contribution in [3.63, 3.8) is 0 Å². The first-order valence-corrected chi connectivity index (χ1v) is 8.52. The lowest BCUT2D eigenvalue weighted by Gasteiger charge is -2.19. The topological polar surface area (TPSA) is 85.6 Å². The molecule has 6 nitrogen and oxygen atoms in total. The first kappa shape index (κ1) is 18.7. The lowest BCUT2D eigenvalue weighted by atomic mass is 10.0. The minimum Gasteiger partial charge on any atom is -0.469 e. The minimum atomic E-state index is -0.762. The highest BCUT2D eigenvalue weighted by Crippen LogP contribution is 2.26. The van der Waals surface area contributed by atoms with Gasteiger partial charge in [-0.3, -0.25) is 9.59 Å². The summed E-state index contributed by atoms with van der Waals surface area (Å²) < 4.78 is 9.89. The number of esters is 1. The van der Waals surface area contributed by atoms with Crippen molar-refractivity contribution in [3.8, 4) is 0 Å². The third-order valence-corrected chi connectivity index (χ3v) is 4.41. The number of hydrogen-bond donors (Lipinski definition) is 1. The zero-order valence-corrected chi connectivity index (χ0v) is 15.2. The van der Waals surface area contributed by atoms with Crippen LogP contribution in [0.1, 0.15) is 28.4 Å². The van der Waals surface area contributed by atoms with Crippen molar-refractivity contribution >= 4 is 34.4 Å². The van der Waals surface area contributed by atoms with Gasteiger partial charge in [0.15, 0.2) is 0 Å². The predicted molar refractivity (Wildman–Crippen MR) is 101 cm³/mol. The van der Waals surface area contributed by atoms with Crippen LogP contribution in [0.5, 0.6) is 0 Å². The number of ether oxygens (including phenoxy) is 1. The van der Waals surface area contributed by atoms with E-state index in [0.717, 1.165) is 0 Å². The largest absolute Gasteiger partial charge is 0.469 e. The molecule has 138 valence electrons. The Bertz CT molecular complexity index is 1060. The molecule has 0 aliphatic carbocycles. The van der Waals surface area contributed by atoms with Gasteiger partial charge in [-0.2, -0.15) is 0 Å². The molecule has 1 aromatic heterocycles. The number of para-hydroxylation sites is 1. The zero-order valence-electron chi connectivity index (χ0n) is 14.4. The molecular weight excluding hydrogens is 370 g/mol. The van der Waals surface area contributed by atoms with Crippen molar-refractivity contribution in [1.82, 2.24) is 5.32 Å². The van der Waals surface area contributed by atoms with Crippen LogP contribution in [-0.2, 0) is 9.53 Å². The molecule has 0 aliphatic heterocycles. The molecule has 2 aromatic carbocycles. The van der Waals surface area contributed by atoms with Crippen molar-refractivity contribution < 1.29 is 18.7 Å². The fourth-order valence-electron chi connectivity index (χ4n) is 2.70. The summed E-state index contributed by atoms with van der Waals surface area (Å²) in [6.07, 6.45) is -0.134. The predicted octanol–water partition coefficient (Wildman–Crippen LogP) is 3.48. The number of methoxy groups -OCH3 is 1. The number of fused-ring (bicyclic) bond motifs is 1. The summed E-state index contributed by atoms with van der Waals surface area (Å²) in [4.78, 5) is 36.7. The second-order valence-corrected chi connectivity index (χ2v) is 6.22. The molecule has 1 N–H and O–H groups in total. The van der Waals surface area contributed by atoms with E-state index in [2.05, 4.69) is 5.32 Å². The van der Waals surface area contributed by atoms with Crippen molar-refractivity contribution in [1.29, 1.82) is 0 Å². The second kappa shape index (κ2) is 8.05. The first-order valence-electron chi connectivity index (χ1n) is 8.14. The molecule has 0 saturated heterocycles. The van der Waals surface area contributed by atoms with Crippen LogP contribution in [-0.4, -0.2) is 19.0 Å². The van der Waals surface area contributed by atoms with Crippen LogP contribution in [0.25, 0.3) is 11.0 Å². The van der Waals surface area contributed by atoms with E-state index >= 15 is 0 Å². The minimum absolute atomic E-state index is 0.134. The van der Waals surface area contributed by atoms with Crippen LogP contribution in [0.15, 0.2) is 63.8 Å². The number of benzene rings is 2. The van der Waals surface area contributed by atoms with E-state index in [0.29, 0.717) is 21.6 Å². The number of carbonyl (C=O) groups is 2. The molecule has 0 spiro atoms. The Morgan fingerprint density at radius 2 is 1.85 bits per heavy atom. The quantitative estimate of drug-likeness (QED) is 0.536. The molecule has 0 radical (unpaired) electrons. The molecule has 0 saturated carbocycles. The number of hydrogen-bond acceptors (Lipinski definition) is 5. The third-order valence-electron chi connectivity index (χ3n) is 4.07. The molecule has 3 rings (SSSR count). The molecule has 7 heteroatoms. The average Bonchev–Trinajstić information content (AvgIpc) is 2.67. The highest BCUT2D eigenvalue weighted by molar-refractivity contribution is 6.31. The van der Waals surface area contributed by atoms with Gasteiger partial charge in [-0.1, -0.05) is 48.0 Å². The lowest BCUT2D eigenvalue weighted by Crippen LogP contribution is -2.33. The van der Waals surface area contributed by atoms with Crippen molar-refractivity contribution in [2.24, 2.45) is 0 Å². The van der Waals surface area contributed by atoms with E-state index in [1.165, 1.54) is 13.2 Å². The number of carbonyl (C=O) groups excluding carboxylic acids is 2. The number of halogens is 1. The van der Waals surface area contributed by atoms with Crippen molar-refractivity contribution in [3.05, 3.63) is 81.2 Å². The summed E-state index contributed by atoms with van der Waals surface area (Å²) in [5.41, 5.74) is 0.0113. The van der Waals surface area contributed by atoms with Gasteiger partial charge in [-0.05, 0) is 23.8 Å². The standard InChI is InChI=1S/C20H16ClNO5/c1-26-18(23)11-16(13-7-3-4-8-15(13)21)22-19(24)14-10-12-6-2-5-9-17(12)27-20(14)25/h2-10,16H,11H2,1H3,(H,22,24). The molecule has 1 heterocycles. The summed E-state index contributed by atoms with van der Waals surface area (Å²) in [6.45, 7) is 0. The average molecular weight is 386 g/mol. The molecule has 27 heavy (non-hydrogen) atoms. The summed E-state index contributed by atoms with van der Waals surface area (Å²) in [6, 6.07) is 14.4. The lowest BCUT2D eigenvalue weighted by molar-refractivity contribution is -0.141. The number of amides is 1. The van der Waals surface area contributed by atoms with Gasteiger partial charge in [0.2, 0.25) is 0 Å². The SMILES string of the molecule is COC(=O)CC(NC(=O)c1cc2ccccc2oc1=O)c1ccccc1Cl. The van der Waals surface area contributed by atoms with E-state index in [4.69, 9.17) is 20.8 Å². The van der Waals surface area contributed by atoms with Crippen LogP contribution in [0.4, 0.5) is 0 Å². The molecule has 1 atom stereocenters. The Kier molecular flexibility index (Phi) is 5.57. The molecule has 0 bridgehead atoms. The van der Waals surface area contributed by atoms with Gasteiger partial charge in [-0.25, -0.2) is 4.79 Å². The van der Waals surface area contributed by atoms with Gasteiger partial charge in [-0.15, -0.1) is 0 Å². The van der Waals surface area contributed by atoms with Crippen molar-refractivity contribution in [2.75, 3.05) is 7.11 Å². The molecule has 1 unspecified atom stereocenters. The normalized spacial score (nSPS) is 11.8. The number of rotatable bonds is 5. The molecular formula is C20H16ClNO5. The van der Waals surface area contributed by atoms with Gasteiger partial charge < -0.3 is 14.5 Å². The molecule has 0 aliphatic rings. The van der Waals surface area contributed by atoms with Gasteiger partial charge in [0.25, 0.3) is 5.91 Å². The van der Waals surface area contributed by atoms with E-state index in [9.17, 15) is 14.4 Å². The van der Waals surface area contributed by atoms with Crippen LogP contribution in [0.3, 0.4) is 0 Å². The van der Waals surface area contributed by atoms with E-state index in [-0.39, 0.29) is 12.0 Å². The maximum Gasteiger partial charge on any atom is 0.349 e. The maximum atomic E-state index is 12.7. The maximum absolute atomic E-state index is 12.7. The van der Waals surface area contributed by atoms with Crippen LogP contribution < -0.4 is 10.9 Å². The van der Waals surface area contributed by atoms with E-state index < -0.39 is 23.5 Å². The van der Waals surface area contributed by atoms with Gasteiger partial charge in [0, 0.05) is 10.4 Å². The van der Waals surface area contributed by atoms with Crippen LogP contribution >= 0.6 is 11.6 Å². The summed E-state index contributed by atoms with van der Waals surface area (Å²) in [5.74, 6) is -1.19. The van der Waals surface area contributed by atoms with Gasteiger partial charge in [0.05, 0.1) is 19.6 Å². The summed E-state index contributed by atoms with van der Waals surface area (Å²) in [5, 5.41) is 3.68. The van der Waals surface area contributed by atoms with E-state index in [1.54, 1.807) is 48.5 Å². The summed E-state index contributed by atoms with van der Waals surface area (Å²) >= 11 is 6.20. The Hall–Kier alpha value is -3.12. The summed E-state index contributed by atoms with van der Waals surface area (Å²) in [7, 11) is 1.26. The van der Waals surface area contributed by atoms with Crippen LogP contribution in [0, 0.1) is 0 Å². The third kappa shape index (κ3) is 4.17. The van der Waals surface area contributed by atoms with Crippen LogP contribution in [0.2, 0.25) is 5.02 Å². The Morgan fingerprint density at radius 1 is 1.15 bits per heavy atom. The first-order chi connectivity index (χ1) is 13.0. The zero-order chi connectivity index (χ0) is 19.4. The fraction of sp³-hybridized carbons (Fsp3) is 0.150. The molecule has 1 amide bonds. The Morgan fingerprint density at radius 3 is 2.59 bits per heavy atom. The Labute approximate surface area is 159 Å². The highest BCUT2D eigenvalue weighted by Gasteiger charge is 2.23. The Balaban J connectivity index is 1.95. The monoisotopic (exact) mass is 385 g/mol. The van der Waals surface area contributed by atoms with Gasteiger partial charge >= 0.3 is 11.6 Å². The second-order valence-electron chi connectivity index (χ2n) is 5.81. The fourth-order valence-corrected chi connectivity index (χ4v) is 2.97. The smallest absolute Gasteiger partial charge is 0.349 e. The van der Waals surface area contributed by atoms with Crippen molar-refractivity contribution in [2.45, 2.75) is 12.5 Å². The highest BCUT2D eigenvalue weighted by atomic mass is 35.5.